The molecule has 16 heavy (non-hydrogen) atoms. The maximum atomic E-state index is 12.1. The van der Waals surface area contributed by atoms with E-state index in [1.54, 1.807) is 12.1 Å². The van der Waals surface area contributed by atoms with Gasteiger partial charge in [0, 0.05) is 5.54 Å². The van der Waals surface area contributed by atoms with Crippen molar-refractivity contribution in [1.29, 1.82) is 0 Å². The van der Waals surface area contributed by atoms with Gasteiger partial charge in [-0.3, -0.25) is 0 Å². The minimum Gasteiger partial charge on any atom is -0.435 e. The van der Waals surface area contributed by atoms with Gasteiger partial charge in [-0.1, -0.05) is 26.0 Å². The summed E-state index contributed by atoms with van der Waals surface area (Å²) in [7, 11) is 0. The van der Waals surface area contributed by atoms with Crippen LogP contribution in [0.15, 0.2) is 24.3 Å². The van der Waals surface area contributed by atoms with Gasteiger partial charge in [-0.15, -0.1) is 0 Å². The molecule has 1 atom stereocenters. The molecule has 0 spiro atoms. The largest absolute Gasteiger partial charge is 0.435 e. The van der Waals surface area contributed by atoms with Gasteiger partial charge >= 0.3 is 6.61 Å². The normalized spacial score (nSPS) is 26.9. The fourth-order valence-corrected chi connectivity index (χ4v) is 2.10. The molecule has 1 unspecified atom stereocenters. The fraction of sp³-hybridized carbons (Fsp3) is 0.500. The fourth-order valence-electron chi connectivity index (χ4n) is 2.10. The summed E-state index contributed by atoms with van der Waals surface area (Å²) in [4.78, 5) is 0. The van der Waals surface area contributed by atoms with Gasteiger partial charge in [0.15, 0.2) is 0 Å². The molecule has 1 aliphatic carbocycles. The van der Waals surface area contributed by atoms with Gasteiger partial charge in [0.2, 0.25) is 0 Å². The third kappa shape index (κ3) is 1.78. The Labute approximate surface area is 93.4 Å². The predicted octanol–water partition coefficient (Wildman–Crippen LogP) is 2.87. The zero-order valence-electron chi connectivity index (χ0n) is 9.34. The van der Waals surface area contributed by atoms with Crippen molar-refractivity contribution in [2.24, 2.45) is 11.1 Å². The average molecular weight is 227 g/mol. The SMILES string of the molecule is CC1(C)CC1(N)c1cccc(OC(F)F)c1. The van der Waals surface area contributed by atoms with Crippen LogP contribution in [0.2, 0.25) is 0 Å². The van der Waals surface area contributed by atoms with Gasteiger partial charge in [-0.25, -0.2) is 0 Å². The summed E-state index contributed by atoms with van der Waals surface area (Å²) < 4.78 is 28.5. The lowest BCUT2D eigenvalue weighted by Gasteiger charge is -2.16. The van der Waals surface area contributed by atoms with E-state index in [4.69, 9.17) is 5.73 Å². The maximum absolute atomic E-state index is 12.1. The van der Waals surface area contributed by atoms with Crippen molar-refractivity contribution < 1.29 is 13.5 Å². The van der Waals surface area contributed by atoms with Crippen LogP contribution in [0, 0.1) is 5.41 Å². The van der Waals surface area contributed by atoms with E-state index >= 15 is 0 Å². The molecule has 2 nitrogen and oxygen atoms in total. The van der Waals surface area contributed by atoms with E-state index in [1.807, 2.05) is 6.07 Å². The Morgan fingerprint density at radius 3 is 2.50 bits per heavy atom. The number of rotatable bonds is 3. The first-order chi connectivity index (χ1) is 7.35. The van der Waals surface area contributed by atoms with Crippen LogP contribution in [0.1, 0.15) is 25.8 Å². The van der Waals surface area contributed by atoms with Crippen LogP contribution < -0.4 is 10.5 Å². The van der Waals surface area contributed by atoms with Crippen LogP contribution in [-0.2, 0) is 5.54 Å². The highest BCUT2D eigenvalue weighted by molar-refractivity contribution is 5.39. The minimum atomic E-state index is -2.80. The van der Waals surface area contributed by atoms with Crippen molar-refractivity contribution in [3.8, 4) is 5.75 Å². The highest BCUT2D eigenvalue weighted by atomic mass is 19.3. The number of ether oxygens (including phenoxy) is 1. The molecule has 0 radical (unpaired) electrons. The number of nitrogens with two attached hydrogens (primary N) is 1. The molecule has 88 valence electrons. The first-order valence-corrected chi connectivity index (χ1v) is 5.19. The Morgan fingerprint density at radius 2 is 2.00 bits per heavy atom. The van der Waals surface area contributed by atoms with E-state index in [9.17, 15) is 8.78 Å². The molecule has 0 amide bonds. The van der Waals surface area contributed by atoms with E-state index in [-0.39, 0.29) is 11.2 Å². The second-order valence-corrected chi connectivity index (χ2v) is 4.94. The second kappa shape index (κ2) is 3.42. The first kappa shape index (κ1) is 11.3. The minimum absolute atomic E-state index is 0.0243. The van der Waals surface area contributed by atoms with Crippen molar-refractivity contribution in [2.75, 3.05) is 0 Å². The summed E-state index contributed by atoms with van der Waals surface area (Å²) >= 11 is 0. The molecule has 0 saturated heterocycles. The highest BCUT2D eigenvalue weighted by Gasteiger charge is 2.59. The van der Waals surface area contributed by atoms with E-state index in [1.165, 1.54) is 6.07 Å². The molecule has 1 fully saturated rings. The van der Waals surface area contributed by atoms with Crippen molar-refractivity contribution >= 4 is 0 Å². The number of halogens is 2. The quantitative estimate of drug-likeness (QED) is 0.861. The summed E-state index contributed by atoms with van der Waals surface area (Å²) in [6, 6.07) is 6.65. The van der Waals surface area contributed by atoms with E-state index in [2.05, 4.69) is 18.6 Å². The van der Waals surface area contributed by atoms with Crippen LogP contribution in [0.25, 0.3) is 0 Å². The number of benzene rings is 1. The van der Waals surface area contributed by atoms with Gasteiger partial charge in [-0.05, 0) is 29.5 Å². The molecular weight excluding hydrogens is 212 g/mol. The van der Waals surface area contributed by atoms with Crippen LogP contribution in [-0.4, -0.2) is 6.61 Å². The Balaban J connectivity index is 2.24. The summed E-state index contributed by atoms with van der Waals surface area (Å²) in [6.45, 7) is 1.33. The summed E-state index contributed by atoms with van der Waals surface area (Å²) in [5, 5.41) is 0. The molecule has 4 heteroatoms. The second-order valence-electron chi connectivity index (χ2n) is 4.94. The van der Waals surface area contributed by atoms with Crippen molar-refractivity contribution in [3.05, 3.63) is 29.8 Å². The molecule has 1 aromatic carbocycles. The Morgan fingerprint density at radius 1 is 1.38 bits per heavy atom. The Bertz CT molecular complexity index is 406. The Hall–Kier alpha value is -1.16. The van der Waals surface area contributed by atoms with E-state index in [0.717, 1.165) is 12.0 Å². The third-order valence-electron chi connectivity index (χ3n) is 3.38. The van der Waals surface area contributed by atoms with Gasteiger partial charge in [0.05, 0.1) is 0 Å². The number of hydrogen-bond donors (Lipinski definition) is 1. The highest BCUT2D eigenvalue weighted by Crippen LogP contribution is 2.60. The molecule has 1 saturated carbocycles. The van der Waals surface area contributed by atoms with Crippen LogP contribution in [0.5, 0.6) is 5.75 Å². The summed E-state index contributed by atoms with van der Waals surface area (Å²) in [5.74, 6) is 0.167. The lowest BCUT2D eigenvalue weighted by molar-refractivity contribution is -0.0499. The van der Waals surface area contributed by atoms with Crippen molar-refractivity contribution in [1.82, 2.24) is 0 Å². The maximum Gasteiger partial charge on any atom is 0.387 e. The van der Waals surface area contributed by atoms with E-state index < -0.39 is 12.2 Å². The Kier molecular flexibility index (Phi) is 2.42. The lowest BCUT2D eigenvalue weighted by Crippen LogP contribution is -2.25. The zero-order valence-corrected chi connectivity index (χ0v) is 9.34. The van der Waals surface area contributed by atoms with Gasteiger partial charge in [0.1, 0.15) is 5.75 Å². The van der Waals surface area contributed by atoms with Gasteiger partial charge in [0.25, 0.3) is 0 Å². The molecule has 2 N–H and O–H groups in total. The van der Waals surface area contributed by atoms with Crippen molar-refractivity contribution in [2.45, 2.75) is 32.4 Å². The molecule has 0 bridgehead atoms. The van der Waals surface area contributed by atoms with Crippen LogP contribution in [0.4, 0.5) is 8.78 Å². The zero-order chi connectivity index (χ0) is 12.0. The predicted molar refractivity (Wildman–Crippen MR) is 57.3 cm³/mol. The molecule has 1 aliphatic rings. The average Bonchev–Trinajstić information content (AvgIpc) is 2.67. The van der Waals surface area contributed by atoms with Crippen LogP contribution >= 0.6 is 0 Å². The first-order valence-electron chi connectivity index (χ1n) is 5.19. The standard InChI is InChI=1S/C12H15F2NO/c1-11(2)7-12(11,15)8-4-3-5-9(6-8)16-10(13)14/h3-6,10H,7,15H2,1-2H3. The van der Waals surface area contributed by atoms with Crippen molar-refractivity contribution in [3.63, 3.8) is 0 Å². The lowest BCUT2D eigenvalue weighted by atomic mass is 9.97. The monoisotopic (exact) mass is 227 g/mol. The molecule has 2 rings (SSSR count). The number of hydrogen-bond acceptors (Lipinski definition) is 2. The molecule has 0 aliphatic heterocycles. The summed E-state index contributed by atoms with van der Waals surface area (Å²) in [6.07, 6.45) is 0.859. The van der Waals surface area contributed by atoms with Crippen LogP contribution in [0.3, 0.4) is 0 Å². The number of alkyl halides is 2. The third-order valence-corrected chi connectivity index (χ3v) is 3.38. The molecule has 0 heterocycles. The van der Waals surface area contributed by atoms with E-state index in [0.29, 0.717) is 0 Å². The molecule has 0 aromatic heterocycles. The molecular formula is C12H15F2NO. The van der Waals surface area contributed by atoms with Gasteiger partial charge in [-0.2, -0.15) is 8.78 Å². The van der Waals surface area contributed by atoms with Gasteiger partial charge < -0.3 is 10.5 Å². The molecule has 1 aromatic rings. The topological polar surface area (TPSA) is 35.2 Å². The summed E-state index contributed by atoms with van der Waals surface area (Å²) in [5.41, 5.74) is 6.68. The smallest absolute Gasteiger partial charge is 0.387 e.